The Morgan fingerprint density at radius 1 is 1.03 bits per heavy atom. The summed E-state index contributed by atoms with van der Waals surface area (Å²) in [6, 6.07) is 11.6. The van der Waals surface area contributed by atoms with Crippen molar-refractivity contribution in [1.29, 1.82) is 0 Å². The highest BCUT2D eigenvalue weighted by molar-refractivity contribution is 6.47. The molecular formula is C25H29BF3O2. The topological polar surface area (TPSA) is 29.5 Å². The molecule has 0 heterocycles. The minimum absolute atomic E-state index is 0.266. The first-order valence-electron chi connectivity index (χ1n) is 10.6. The standard InChI is InChI=1S/C25H29BF3O2/c1-23(2,30)24(3,4)31-26-22-14-11-19-9-5-17(6-10-20(19)16-22)15-18-7-12-21(13-8-18)25(27,28)29/h5,7-9,11-14,16-17,30H,6,10,15H2,1-4H3. The summed E-state index contributed by atoms with van der Waals surface area (Å²) in [5.74, 6) is 0.266. The number of halogens is 3. The molecule has 0 fully saturated rings. The molecule has 1 N–H and O–H groups in total. The Bertz CT molecular complexity index is 925. The number of hydrogen-bond acceptors (Lipinski definition) is 2. The van der Waals surface area contributed by atoms with Gasteiger partial charge in [-0.1, -0.05) is 47.9 Å². The monoisotopic (exact) mass is 429 g/mol. The second-order valence-electron chi connectivity index (χ2n) is 9.32. The molecule has 1 radical (unpaired) electrons. The van der Waals surface area contributed by atoms with Crippen LogP contribution in [0.2, 0.25) is 0 Å². The van der Waals surface area contributed by atoms with Crippen LogP contribution in [0.3, 0.4) is 0 Å². The molecule has 1 aliphatic carbocycles. The van der Waals surface area contributed by atoms with Crippen LogP contribution in [0.1, 0.15) is 56.4 Å². The normalized spacial score (nSPS) is 17.2. The average Bonchev–Trinajstić information content (AvgIpc) is 2.87. The molecule has 6 heteroatoms. The molecule has 31 heavy (non-hydrogen) atoms. The Labute approximate surface area is 183 Å². The van der Waals surface area contributed by atoms with Gasteiger partial charge >= 0.3 is 13.7 Å². The maximum absolute atomic E-state index is 12.8. The van der Waals surface area contributed by atoms with E-state index in [-0.39, 0.29) is 5.92 Å². The first-order chi connectivity index (χ1) is 14.3. The van der Waals surface area contributed by atoms with E-state index in [1.54, 1.807) is 33.5 Å². The third-order valence-corrected chi connectivity index (χ3v) is 6.24. The number of benzene rings is 2. The first kappa shape index (κ1) is 23.6. The Hall–Kier alpha value is -2.05. The largest absolute Gasteiger partial charge is 0.427 e. The van der Waals surface area contributed by atoms with Gasteiger partial charge in [-0.2, -0.15) is 13.2 Å². The highest BCUT2D eigenvalue weighted by Gasteiger charge is 2.35. The van der Waals surface area contributed by atoms with Gasteiger partial charge in [-0.15, -0.1) is 0 Å². The number of allylic oxidation sites excluding steroid dienone is 1. The van der Waals surface area contributed by atoms with E-state index in [9.17, 15) is 18.3 Å². The van der Waals surface area contributed by atoms with Crippen molar-refractivity contribution < 1.29 is 22.9 Å². The van der Waals surface area contributed by atoms with Crippen molar-refractivity contribution in [2.75, 3.05) is 0 Å². The number of rotatable bonds is 6. The number of aryl methyl sites for hydroxylation is 1. The van der Waals surface area contributed by atoms with Crippen molar-refractivity contribution in [3.05, 3.63) is 70.8 Å². The second-order valence-corrected chi connectivity index (χ2v) is 9.32. The first-order valence-corrected chi connectivity index (χ1v) is 10.6. The molecule has 0 bridgehead atoms. The zero-order valence-corrected chi connectivity index (χ0v) is 18.5. The van der Waals surface area contributed by atoms with Crippen LogP contribution in [0.15, 0.2) is 48.5 Å². The van der Waals surface area contributed by atoms with Gasteiger partial charge in [0, 0.05) is 0 Å². The molecule has 0 saturated heterocycles. The van der Waals surface area contributed by atoms with Crippen LogP contribution in [0.5, 0.6) is 0 Å². The minimum Gasteiger partial charge on any atom is -0.427 e. The fraction of sp³-hybridized carbons (Fsp3) is 0.440. The van der Waals surface area contributed by atoms with Crippen LogP contribution in [-0.4, -0.2) is 23.8 Å². The number of aliphatic hydroxyl groups is 1. The maximum atomic E-state index is 12.8. The molecule has 3 rings (SSSR count). The van der Waals surface area contributed by atoms with Crippen molar-refractivity contribution in [2.45, 2.75) is 64.3 Å². The Morgan fingerprint density at radius 3 is 2.32 bits per heavy atom. The van der Waals surface area contributed by atoms with Gasteiger partial charge in [0.25, 0.3) is 0 Å². The zero-order valence-electron chi connectivity index (χ0n) is 18.5. The molecule has 0 spiro atoms. The summed E-state index contributed by atoms with van der Waals surface area (Å²) in [4.78, 5) is 0. The van der Waals surface area contributed by atoms with Crippen LogP contribution in [0.4, 0.5) is 13.2 Å². The number of hydrogen-bond donors (Lipinski definition) is 1. The van der Waals surface area contributed by atoms with E-state index < -0.39 is 22.9 Å². The summed E-state index contributed by atoms with van der Waals surface area (Å²) in [5.41, 5.74) is 1.88. The quantitative estimate of drug-likeness (QED) is 0.629. The molecule has 1 unspecified atom stereocenters. The lowest BCUT2D eigenvalue weighted by atomic mass is 9.81. The van der Waals surface area contributed by atoms with Crippen molar-refractivity contribution in [3.8, 4) is 0 Å². The molecule has 0 aromatic heterocycles. The van der Waals surface area contributed by atoms with E-state index in [0.717, 1.165) is 41.6 Å². The van der Waals surface area contributed by atoms with E-state index in [0.29, 0.717) is 6.42 Å². The lowest BCUT2D eigenvalue weighted by Crippen LogP contribution is -2.49. The van der Waals surface area contributed by atoms with Gasteiger partial charge in [-0.05, 0) is 81.7 Å². The van der Waals surface area contributed by atoms with Gasteiger partial charge in [0.05, 0.1) is 16.8 Å². The lowest BCUT2D eigenvalue weighted by molar-refractivity contribution is -0.137. The molecular weight excluding hydrogens is 400 g/mol. The van der Waals surface area contributed by atoms with Gasteiger partial charge in [0.1, 0.15) is 0 Å². The number of alkyl halides is 3. The third-order valence-electron chi connectivity index (χ3n) is 6.24. The van der Waals surface area contributed by atoms with Crippen molar-refractivity contribution in [1.82, 2.24) is 0 Å². The summed E-state index contributed by atoms with van der Waals surface area (Å²) in [6.07, 6.45) is 2.46. The van der Waals surface area contributed by atoms with Gasteiger partial charge < -0.3 is 9.76 Å². The van der Waals surface area contributed by atoms with Gasteiger partial charge in [0.2, 0.25) is 0 Å². The van der Waals surface area contributed by atoms with E-state index in [2.05, 4.69) is 24.3 Å². The average molecular weight is 429 g/mol. The van der Waals surface area contributed by atoms with Crippen LogP contribution >= 0.6 is 0 Å². The Morgan fingerprint density at radius 2 is 1.71 bits per heavy atom. The molecule has 165 valence electrons. The van der Waals surface area contributed by atoms with Crippen LogP contribution in [-0.2, 0) is 23.7 Å². The smallest absolute Gasteiger partial charge is 0.416 e. The number of fused-ring (bicyclic) bond motifs is 1. The third kappa shape index (κ3) is 6.01. The van der Waals surface area contributed by atoms with Crippen molar-refractivity contribution >= 4 is 19.0 Å². The van der Waals surface area contributed by atoms with Gasteiger partial charge in [-0.25, -0.2) is 0 Å². The summed E-state index contributed by atoms with van der Waals surface area (Å²) >= 11 is 0. The fourth-order valence-corrected chi connectivity index (χ4v) is 3.42. The highest BCUT2D eigenvalue weighted by Crippen LogP contribution is 2.30. The second kappa shape index (κ2) is 8.83. The zero-order chi connectivity index (χ0) is 22.9. The molecule has 0 aliphatic heterocycles. The van der Waals surface area contributed by atoms with Crippen LogP contribution in [0, 0.1) is 5.92 Å². The predicted octanol–water partition coefficient (Wildman–Crippen LogP) is 5.33. The molecule has 2 aromatic rings. The van der Waals surface area contributed by atoms with Crippen molar-refractivity contribution in [3.63, 3.8) is 0 Å². The van der Waals surface area contributed by atoms with Gasteiger partial charge in [-0.3, -0.25) is 0 Å². The van der Waals surface area contributed by atoms with Crippen molar-refractivity contribution in [2.24, 2.45) is 5.92 Å². The Kier molecular flexibility index (Phi) is 6.73. The minimum atomic E-state index is -4.30. The van der Waals surface area contributed by atoms with E-state index in [4.69, 9.17) is 4.65 Å². The molecule has 0 amide bonds. The summed E-state index contributed by atoms with van der Waals surface area (Å²) < 4.78 is 44.1. The highest BCUT2D eigenvalue weighted by atomic mass is 19.4. The maximum Gasteiger partial charge on any atom is 0.416 e. The van der Waals surface area contributed by atoms with E-state index in [1.165, 1.54) is 5.56 Å². The Balaban J connectivity index is 1.63. The lowest BCUT2D eigenvalue weighted by Gasteiger charge is -2.37. The predicted molar refractivity (Wildman–Crippen MR) is 119 cm³/mol. The molecule has 2 nitrogen and oxygen atoms in total. The van der Waals surface area contributed by atoms with Crippen LogP contribution < -0.4 is 5.46 Å². The molecule has 0 saturated carbocycles. The van der Waals surface area contributed by atoms with Gasteiger partial charge in [0.15, 0.2) is 0 Å². The molecule has 1 aliphatic rings. The molecule has 1 atom stereocenters. The molecule has 2 aromatic carbocycles. The summed E-state index contributed by atoms with van der Waals surface area (Å²) in [7, 11) is 1.69. The summed E-state index contributed by atoms with van der Waals surface area (Å²) in [5, 5.41) is 10.2. The van der Waals surface area contributed by atoms with E-state index >= 15 is 0 Å². The van der Waals surface area contributed by atoms with Crippen LogP contribution in [0.25, 0.3) is 6.08 Å². The summed E-state index contributed by atoms with van der Waals surface area (Å²) in [6.45, 7) is 7.14. The fourth-order valence-electron chi connectivity index (χ4n) is 3.42. The van der Waals surface area contributed by atoms with E-state index in [1.807, 2.05) is 19.9 Å². The SMILES string of the molecule is CC(C)(O)C(C)(C)O[B]c1ccc2c(c1)CCC(Cc1ccc(C(F)(F)F)cc1)C=C2.